The average molecular weight is 133 g/mol. The first-order chi connectivity index (χ1) is 4.88. The van der Waals surface area contributed by atoms with Gasteiger partial charge in [0.25, 0.3) is 0 Å². The number of likely N-dealkylation sites (N-methyl/N-ethyl adjacent to an activating group) is 1. The van der Waals surface area contributed by atoms with Crippen molar-refractivity contribution < 1.29 is 0 Å². The largest absolute Gasteiger partial charge is 0.296 e. The third kappa shape index (κ3) is 0.929. The molecule has 2 unspecified atom stereocenters. The zero-order chi connectivity index (χ0) is 6.97. The minimum absolute atomic E-state index is 0.709. The number of benzene rings is 1. The Balaban J connectivity index is 2.20. The fourth-order valence-electron chi connectivity index (χ4n) is 1.26. The Morgan fingerprint density at radius 1 is 1.30 bits per heavy atom. The molecule has 1 aliphatic rings. The molecule has 0 amide bonds. The van der Waals surface area contributed by atoms with E-state index >= 15 is 0 Å². The van der Waals surface area contributed by atoms with Gasteiger partial charge in [0, 0.05) is 12.6 Å². The van der Waals surface area contributed by atoms with Crippen LogP contribution in [0.15, 0.2) is 30.3 Å². The van der Waals surface area contributed by atoms with E-state index in [2.05, 4.69) is 42.3 Å². The van der Waals surface area contributed by atoms with Crippen LogP contribution in [-0.4, -0.2) is 18.5 Å². The summed E-state index contributed by atoms with van der Waals surface area (Å²) in [6.07, 6.45) is 0. The van der Waals surface area contributed by atoms with Gasteiger partial charge in [-0.25, -0.2) is 0 Å². The van der Waals surface area contributed by atoms with Crippen molar-refractivity contribution in [1.82, 2.24) is 4.90 Å². The maximum Gasteiger partial charge on any atom is 0.0473 e. The molecule has 0 N–H and O–H groups in total. The van der Waals surface area contributed by atoms with Crippen molar-refractivity contribution >= 4 is 0 Å². The molecule has 2 atom stereocenters. The van der Waals surface area contributed by atoms with Crippen molar-refractivity contribution in [2.75, 3.05) is 13.6 Å². The summed E-state index contributed by atoms with van der Waals surface area (Å²) in [5, 5.41) is 0. The van der Waals surface area contributed by atoms with E-state index < -0.39 is 0 Å². The lowest BCUT2D eigenvalue weighted by molar-refractivity contribution is 0.631. The predicted molar refractivity (Wildman–Crippen MR) is 41.8 cm³/mol. The minimum atomic E-state index is 0.709. The second-order valence-corrected chi connectivity index (χ2v) is 2.87. The molecule has 1 fully saturated rings. The molecule has 0 aliphatic carbocycles. The fraction of sp³-hybridized carbons (Fsp3) is 0.333. The molecule has 1 heteroatoms. The summed E-state index contributed by atoms with van der Waals surface area (Å²) in [4.78, 5) is 2.33. The van der Waals surface area contributed by atoms with Gasteiger partial charge < -0.3 is 0 Å². The molecule has 1 nitrogen and oxygen atoms in total. The molecule has 1 aliphatic heterocycles. The Labute approximate surface area is 61.3 Å². The van der Waals surface area contributed by atoms with Gasteiger partial charge in [-0.1, -0.05) is 30.3 Å². The van der Waals surface area contributed by atoms with Crippen LogP contribution in [0.1, 0.15) is 11.6 Å². The maximum absolute atomic E-state index is 2.33. The first-order valence-corrected chi connectivity index (χ1v) is 3.63. The molecular weight excluding hydrogens is 122 g/mol. The quantitative estimate of drug-likeness (QED) is 0.527. The maximum atomic E-state index is 2.33. The Kier molecular flexibility index (Phi) is 1.24. The van der Waals surface area contributed by atoms with E-state index in [0.29, 0.717) is 6.04 Å². The Morgan fingerprint density at radius 2 is 1.90 bits per heavy atom. The molecule has 0 saturated carbocycles. The summed E-state index contributed by atoms with van der Waals surface area (Å²) in [5.41, 5.74) is 1.45. The van der Waals surface area contributed by atoms with Crippen molar-refractivity contribution in [3.63, 3.8) is 0 Å². The number of rotatable bonds is 1. The third-order valence-corrected chi connectivity index (χ3v) is 2.04. The lowest BCUT2D eigenvalue weighted by Crippen LogP contribution is -1.86. The standard InChI is InChI=1S/C9H11N/c1-10-7-9(10)8-5-3-2-4-6-8/h2-6,9H,7H2,1H3. The molecular formula is C9H11N. The van der Waals surface area contributed by atoms with Gasteiger partial charge in [-0.05, 0) is 12.6 Å². The van der Waals surface area contributed by atoms with Gasteiger partial charge in [-0.3, -0.25) is 4.90 Å². The molecule has 1 aromatic carbocycles. The summed E-state index contributed by atoms with van der Waals surface area (Å²) in [7, 11) is 2.15. The van der Waals surface area contributed by atoms with Gasteiger partial charge in [-0.2, -0.15) is 0 Å². The minimum Gasteiger partial charge on any atom is -0.296 e. The van der Waals surface area contributed by atoms with Gasteiger partial charge in [0.2, 0.25) is 0 Å². The van der Waals surface area contributed by atoms with Gasteiger partial charge in [0.05, 0.1) is 0 Å². The summed E-state index contributed by atoms with van der Waals surface area (Å²) < 4.78 is 0. The predicted octanol–water partition coefficient (Wildman–Crippen LogP) is 1.67. The van der Waals surface area contributed by atoms with Gasteiger partial charge in [0.15, 0.2) is 0 Å². The zero-order valence-electron chi connectivity index (χ0n) is 6.12. The average Bonchev–Trinajstić information content (AvgIpc) is 2.69. The van der Waals surface area contributed by atoms with Gasteiger partial charge in [-0.15, -0.1) is 0 Å². The fourth-order valence-corrected chi connectivity index (χ4v) is 1.26. The van der Waals surface area contributed by atoms with Crippen LogP contribution < -0.4 is 0 Å². The SMILES string of the molecule is CN1CC1c1ccccc1. The summed E-state index contributed by atoms with van der Waals surface area (Å²) in [6.45, 7) is 1.23. The van der Waals surface area contributed by atoms with Crippen LogP contribution in [0.4, 0.5) is 0 Å². The van der Waals surface area contributed by atoms with Crippen molar-refractivity contribution in [3.8, 4) is 0 Å². The summed E-state index contributed by atoms with van der Waals surface area (Å²) in [6, 6.07) is 11.3. The van der Waals surface area contributed by atoms with Crippen LogP contribution in [0.3, 0.4) is 0 Å². The molecule has 52 valence electrons. The smallest absolute Gasteiger partial charge is 0.0473 e. The highest BCUT2D eigenvalue weighted by molar-refractivity contribution is 5.23. The highest BCUT2D eigenvalue weighted by Crippen LogP contribution is 2.31. The van der Waals surface area contributed by atoms with Gasteiger partial charge in [0.1, 0.15) is 0 Å². The monoisotopic (exact) mass is 133 g/mol. The van der Waals surface area contributed by atoms with Crippen LogP contribution in [0.2, 0.25) is 0 Å². The summed E-state index contributed by atoms with van der Waals surface area (Å²) >= 11 is 0. The molecule has 0 radical (unpaired) electrons. The Morgan fingerprint density at radius 3 is 2.40 bits per heavy atom. The highest BCUT2D eigenvalue weighted by atomic mass is 15.3. The van der Waals surface area contributed by atoms with Crippen LogP contribution in [-0.2, 0) is 0 Å². The molecule has 0 spiro atoms. The Bertz CT molecular complexity index is 217. The number of hydrogen-bond donors (Lipinski definition) is 0. The second-order valence-electron chi connectivity index (χ2n) is 2.87. The van der Waals surface area contributed by atoms with E-state index in [9.17, 15) is 0 Å². The van der Waals surface area contributed by atoms with E-state index in [0.717, 1.165) is 0 Å². The van der Waals surface area contributed by atoms with E-state index in [-0.39, 0.29) is 0 Å². The van der Waals surface area contributed by atoms with Crippen molar-refractivity contribution in [3.05, 3.63) is 35.9 Å². The highest BCUT2D eigenvalue weighted by Gasteiger charge is 2.30. The van der Waals surface area contributed by atoms with Crippen LogP contribution >= 0.6 is 0 Å². The molecule has 0 bridgehead atoms. The van der Waals surface area contributed by atoms with Crippen molar-refractivity contribution in [2.24, 2.45) is 0 Å². The molecule has 10 heavy (non-hydrogen) atoms. The van der Waals surface area contributed by atoms with E-state index in [4.69, 9.17) is 0 Å². The lowest BCUT2D eigenvalue weighted by atomic mass is 10.2. The van der Waals surface area contributed by atoms with Gasteiger partial charge >= 0.3 is 0 Å². The summed E-state index contributed by atoms with van der Waals surface area (Å²) in [5.74, 6) is 0. The molecule has 1 aromatic rings. The molecule has 1 heterocycles. The van der Waals surface area contributed by atoms with E-state index in [1.165, 1.54) is 12.1 Å². The molecule has 1 saturated heterocycles. The lowest BCUT2D eigenvalue weighted by Gasteiger charge is -1.95. The van der Waals surface area contributed by atoms with E-state index in [1.807, 2.05) is 0 Å². The van der Waals surface area contributed by atoms with Crippen LogP contribution in [0.25, 0.3) is 0 Å². The van der Waals surface area contributed by atoms with Crippen molar-refractivity contribution in [1.29, 1.82) is 0 Å². The van der Waals surface area contributed by atoms with Crippen LogP contribution in [0.5, 0.6) is 0 Å². The topological polar surface area (TPSA) is 3.01 Å². The normalized spacial score (nSPS) is 30.1. The second kappa shape index (κ2) is 2.10. The van der Waals surface area contributed by atoms with Crippen LogP contribution in [0, 0.1) is 0 Å². The third-order valence-electron chi connectivity index (χ3n) is 2.04. The van der Waals surface area contributed by atoms with Crippen molar-refractivity contribution in [2.45, 2.75) is 6.04 Å². The zero-order valence-corrected chi connectivity index (χ0v) is 6.12. The molecule has 0 aromatic heterocycles. The molecule has 2 rings (SSSR count). The van der Waals surface area contributed by atoms with E-state index in [1.54, 1.807) is 0 Å². The Hall–Kier alpha value is -0.820. The first kappa shape index (κ1) is 5.93. The number of hydrogen-bond acceptors (Lipinski definition) is 1. The number of nitrogens with zero attached hydrogens (tertiary/aromatic N) is 1. The first-order valence-electron chi connectivity index (χ1n) is 3.63.